The molecule has 70 valence electrons. The maximum Gasteiger partial charge on any atom is 0.0872 e. The van der Waals surface area contributed by atoms with E-state index in [0.717, 1.165) is 25.3 Å². The van der Waals surface area contributed by atoms with Crippen LogP contribution in [0.1, 0.15) is 12.6 Å². The summed E-state index contributed by atoms with van der Waals surface area (Å²) in [7, 11) is 0. The Bertz CT molecular complexity index is 278. The smallest absolute Gasteiger partial charge is 0.0872 e. The molecule has 0 amide bonds. The van der Waals surface area contributed by atoms with E-state index in [0.29, 0.717) is 0 Å². The number of rotatable bonds is 2. The third kappa shape index (κ3) is 2.02. The Morgan fingerprint density at radius 3 is 2.85 bits per heavy atom. The van der Waals surface area contributed by atoms with Crippen LogP contribution >= 0.6 is 0 Å². The maximum absolute atomic E-state index is 9.48. The van der Waals surface area contributed by atoms with E-state index in [1.807, 2.05) is 6.92 Å². The van der Waals surface area contributed by atoms with Crippen LogP contribution in [0.5, 0.6) is 0 Å². The van der Waals surface area contributed by atoms with Gasteiger partial charge in [-0.15, -0.1) is 0 Å². The van der Waals surface area contributed by atoms with Gasteiger partial charge in [0.2, 0.25) is 0 Å². The van der Waals surface area contributed by atoms with Crippen molar-refractivity contribution in [2.24, 2.45) is 0 Å². The molecule has 0 spiro atoms. The Labute approximate surface area is 77.2 Å². The van der Waals surface area contributed by atoms with Gasteiger partial charge in [0, 0.05) is 38.2 Å². The van der Waals surface area contributed by atoms with Crippen molar-refractivity contribution in [1.29, 1.82) is 0 Å². The topological polar surface area (TPSA) is 49.2 Å². The molecule has 2 heterocycles. The molecule has 0 radical (unpaired) electrons. The van der Waals surface area contributed by atoms with Crippen molar-refractivity contribution in [2.45, 2.75) is 19.1 Å². The number of aliphatic hydroxyl groups is 1. The Hall–Kier alpha value is -1.00. The zero-order valence-electron chi connectivity index (χ0n) is 7.64. The van der Waals surface area contributed by atoms with Gasteiger partial charge in [-0.05, 0) is 6.92 Å². The van der Waals surface area contributed by atoms with Gasteiger partial charge in [-0.3, -0.25) is 14.9 Å². The first kappa shape index (κ1) is 8.59. The van der Waals surface area contributed by atoms with Crippen LogP contribution in [0, 0.1) is 0 Å². The van der Waals surface area contributed by atoms with Gasteiger partial charge in [0.05, 0.1) is 11.3 Å². The van der Waals surface area contributed by atoms with E-state index in [9.17, 15) is 5.11 Å². The second-order valence-corrected chi connectivity index (χ2v) is 3.84. The van der Waals surface area contributed by atoms with Gasteiger partial charge in [0.15, 0.2) is 0 Å². The minimum Gasteiger partial charge on any atom is -0.388 e. The molecule has 0 unspecified atom stereocenters. The summed E-state index contributed by atoms with van der Waals surface area (Å²) in [5.41, 5.74) is 0.459. The minimum absolute atomic E-state index is 0.498. The third-order valence-electron chi connectivity index (χ3n) is 2.13. The maximum atomic E-state index is 9.48. The Kier molecular flexibility index (Phi) is 2.01. The Morgan fingerprint density at radius 1 is 1.54 bits per heavy atom. The molecule has 1 saturated heterocycles. The number of aromatic nitrogens is 2. The molecule has 13 heavy (non-hydrogen) atoms. The van der Waals surface area contributed by atoms with Crippen molar-refractivity contribution in [3.8, 4) is 0 Å². The van der Waals surface area contributed by atoms with Crippen molar-refractivity contribution >= 4 is 0 Å². The average molecular weight is 179 g/mol. The first-order valence-corrected chi connectivity index (χ1v) is 4.35. The van der Waals surface area contributed by atoms with Gasteiger partial charge in [0.1, 0.15) is 0 Å². The molecule has 0 bridgehead atoms. The molecule has 0 atom stereocenters. The van der Waals surface area contributed by atoms with Crippen LogP contribution < -0.4 is 0 Å². The van der Waals surface area contributed by atoms with Crippen molar-refractivity contribution in [2.75, 3.05) is 13.1 Å². The molecule has 1 aliphatic heterocycles. The summed E-state index contributed by atoms with van der Waals surface area (Å²) >= 11 is 0. The minimum atomic E-state index is -0.498. The van der Waals surface area contributed by atoms with Gasteiger partial charge in [-0.2, -0.15) is 0 Å². The Morgan fingerprint density at radius 2 is 2.31 bits per heavy atom. The molecular formula is C9H13N3O. The van der Waals surface area contributed by atoms with Crippen molar-refractivity contribution in [3.63, 3.8) is 0 Å². The average Bonchev–Trinajstić information content (AvgIpc) is 2.03. The number of hydrogen-bond donors (Lipinski definition) is 1. The fourth-order valence-corrected chi connectivity index (χ4v) is 1.67. The monoisotopic (exact) mass is 179 g/mol. The molecule has 2 rings (SSSR count). The van der Waals surface area contributed by atoms with Crippen LogP contribution in [0.25, 0.3) is 0 Å². The van der Waals surface area contributed by atoms with Crippen LogP contribution in [-0.4, -0.2) is 38.7 Å². The summed E-state index contributed by atoms with van der Waals surface area (Å²) in [5.74, 6) is 0. The molecule has 4 heteroatoms. The molecule has 1 aromatic rings. The molecule has 1 aliphatic rings. The molecule has 1 N–H and O–H groups in total. The predicted octanol–water partition coefficient (Wildman–Crippen LogP) is 0.0432. The number of hydrogen-bond acceptors (Lipinski definition) is 4. The standard InChI is InChI=1S/C9H13N3O/c1-9(13)6-12(7-9)5-8-4-10-2-3-11-8/h2-4,13H,5-7H2,1H3. The summed E-state index contributed by atoms with van der Waals surface area (Å²) in [5, 5.41) is 9.48. The molecule has 0 saturated carbocycles. The molecular weight excluding hydrogens is 166 g/mol. The van der Waals surface area contributed by atoms with E-state index in [-0.39, 0.29) is 0 Å². The third-order valence-corrected chi connectivity index (χ3v) is 2.13. The summed E-state index contributed by atoms with van der Waals surface area (Å²) < 4.78 is 0. The lowest BCUT2D eigenvalue weighted by molar-refractivity contribution is -0.0875. The van der Waals surface area contributed by atoms with Crippen LogP contribution in [-0.2, 0) is 6.54 Å². The number of β-amino-alcohol motifs (C(OH)–C–C–N with tert-alkyl or cyclic N) is 1. The highest BCUT2D eigenvalue weighted by molar-refractivity contribution is 4.99. The summed E-state index contributed by atoms with van der Waals surface area (Å²) in [4.78, 5) is 10.3. The van der Waals surface area contributed by atoms with Crippen molar-refractivity contribution < 1.29 is 5.11 Å². The molecule has 1 aromatic heterocycles. The van der Waals surface area contributed by atoms with E-state index in [1.54, 1.807) is 18.6 Å². The fourth-order valence-electron chi connectivity index (χ4n) is 1.67. The zero-order valence-corrected chi connectivity index (χ0v) is 7.64. The lowest BCUT2D eigenvalue weighted by Gasteiger charge is -2.43. The number of likely N-dealkylation sites (tertiary alicyclic amines) is 1. The van der Waals surface area contributed by atoms with E-state index >= 15 is 0 Å². The molecule has 1 fully saturated rings. The SMILES string of the molecule is CC1(O)CN(Cc2cnccn2)C1. The second kappa shape index (κ2) is 3.05. The van der Waals surface area contributed by atoms with E-state index in [1.165, 1.54) is 0 Å². The zero-order chi connectivity index (χ0) is 9.31. The highest BCUT2D eigenvalue weighted by Gasteiger charge is 2.36. The predicted molar refractivity (Wildman–Crippen MR) is 47.9 cm³/mol. The fraction of sp³-hybridized carbons (Fsp3) is 0.556. The summed E-state index contributed by atoms with van der Waals surface area (Å²) in [6.45, 7) is 4.08. The van der Waals surface area contributed by atoms with Crippen LogP contribution in [0.2, 0.25) is 0 Å². The quantitative estimate of drug-likeness (QED) is 0.696. The van der Waals surface area contributed by atoms with Gasteiger partial charge in [-0.25, -0.2) is 0 Å². The van der Waals surface area contributed by atoms with Crippen LogP contribution in [0.15, 0.2) is 18.6 Å². The van der Waals surface area contributed by atoms with Crippen LogP contribution in [0.4, 0.5) is 0 Å². The van der Waals surface area contributed by atoms with Crippen molar-refractivity contribution in [3.05, 3.63) is 24.3 Å². The largest absolute Gasteiger partial charge is 0.388 e. The summed E-state index contributed by atoms with van der Waals surface area (Å²) in [6, 6.07) is 0. The first-order valence-electron chi connectivity index (χ1n) is 4.35. The lowest BCUT2D eigenvalue weighted by Crippen LogP contribution is -2.59. The highest BCUT2D eigenvalue weighted by atomic mass is 16.3. The molecule has 0 aliphatic carbocycles. The van der Waals surface area contributed by atoms with Gasteiger partial charge in [0.25, 0.3) is 0 Å². The normalized spacial score (nSPS) is 21.1. The van der Waals surface area contributed by atoms with Gasteiger partial charge < -0.3 is 5.11 Å². The summed E-state index contributed by atoms with van der Waals surface area (Å²) in [6.07, 6.45) is 5.11. The van der Waals surface area contributed by atoms with E-state index in [4.69, 9.17) is 0 Å². The first-order chi connectivity index (χ1) is 6.16. The Balaban J connectivity index is 1.88. The molecule has 4 nitrogen and oxygen atoms in total. The second-order valence-electron chi connectivity index (χ2n) is 3.84. The van der Waals surface area contributed by atoms with E-state index in [2.05, 4.69) is 14.9 Å². The van der Waals surface area contributed by atoms with E-state index < -0.39 is 5.60 Å². The van der Waals surface area contributed by atoms with Gasteiger partial charge >= 0.3 is 0 Å². The van der Waals surface area contributed by atoms with Crippen molar-refractivity contribution in [1.82, 2.24) is 14.9 Å². The van der Waals surface area contributed by atoms with Crippen LogP contribution in [0.3, 0.4) is 0 Å². The highest BCUT2D eigenvalue weighted by Crippen LogP contribution is 2.20. The van der Waals surface area contributed by atoms with Gasteiger partial charge in [-0.1, -0.05) is 0 Å². The lowest BCUT2D eigenvalue weighted by atomic mass is 9.97. The number of nitrogens with zero attached hydrogens (tertiary/aromatic N) is 3. The molecule has 0 aromatic carbocycles.